The van der Waals surface area contributed by atoms with Gasteiger partial charge in [-0.1, -0.05) is 17.7 Å². The number of rotatable bonds is 4. The highest BCUT2D eigenvalue weighted by atomic mass is 79.9. The number of nitro benzene ring substituents is 1. The third kappa shape index (κ3) is 3.61. The van der Waals surface area contributed by atoms with Crippen LogP contribution in [0.1, 0.15) is 15.2 Å². The fourth-order valence-corrected chi connectivity index (χ4v) is 3.49. The van der Waals surface area contributed by atoms with E-state index in [0.29, 0.717) is 10.9 Å². The van der Waals surface area contributed by atoms with E-state index in [1.54, 1.807) is 19.2 Å². The van der Waals surface area contributed by atoms with Crippen molar-refractivity contribution in [3.63, 3.8) is 0 Å². The van der Waals surface area contributed by atoms with E-state index in [0.717, 1.165) is 4.88 Å². The van der Waals surface area contributed by atoms with Crippen molar-refractivity contribution in [2.45, 2.75) is 6.54 Å². The predicted molar refractivity (Wildman–Crippen MR) is 85.9 cm³/mol. The van der Waals surface area contributed by atoms with Crippen molar-refractivity contribution in [3.05, 3.63) is 59.7 Å². The fourth-order valence-electron chi connectivity index (χ4n) is 1.77. The van der Waals surface area contributed by atoms with Crippen LogP contribution in [0.15, 0.2) is 34.8 Å². The number of carbonyl (C=O) groups is 1. The Morgan fingerprint density at radius 1 is 1.43 bits per heavy atom. The lowest BCUT2D eigenvalue weighted by molar-refractivity contribution is -0.385. The number of hydrogen-bond donors (Lipinski definition) is 0. The summed E-state index contributed by atoms with van der Waals surface area (Å²) in [6, 6.07) is 8.01. The Balaban J connectivity index is 2.23. The summed E-state index contributed by atoms with van der Waals surface area (Å²) in [5.41, 5.74) is 0.128. The van der Waals surface area contributed by atoms with Gasteiger partial charge in [-0.05, 0) is 34.1 Å². The Kier molecular flexibility index (Phi) is 4.97. The monoisotopic (exact) mass is 388 g/mol. The van der Waals surface area contributed by atoms with Crippen LogP contribution >= 0.6 is 38.9 Å². The maximum Gasteiger partial charge on any atom is 0.284 e. The van der Waals surface area contributed by atoms with Crippen LogP contribution in [-0.2, 0) is 6.54 Å². The molecule has 1 heterocycles. The third-order valence-electron chi connectivity index (χ3n) is 2.77. The summed E-state index contributed by atoms with van der Waals surface area (Å²) in [6.45, 7) is 0.394. The molecule has 0 aliphatic rings. The zero-order valence-corrected chi connectivity index (χ0v) is 14.0. The van der Waals surface area contributed by atoms with Gasteiger partial charge in [0.05, 0.1) is 21.4 Å². The number of thiophene rings is 1. The average molecular weight is 390 g/mol. The van der Waals surface area contributed by atoms with Crippen molar-refractivity contribution in [1.82, 2.24) is 4.90 Å². The van der Waals surface area contributed by atoms with Gasteiger partial charge in [0, 0.05) is 18.0 Å². The zero-order valence-electron chi connectivity index (χ0n) is 10.9. The molecule has 0 radical (unpaired) electrons. The Bertz CT molecular complexity index is 704. The quantitative estimate of drug-likeness (QED) is 0.577. The maximum absolute atomic E-state index is 12.4. The molecule has 1 aromatic heterocycles. The van der Waals surface area contributed by atoms with Gasteiger partial charge >= 0.3 is 0 Å². The first kappa shape index (κ1) is 15.9. The molecule has 8 heteroatoms. The van der Waals surface area contributed by atoms with Gasteiger partial charge < -0.3 is 4.90 Å². The first-order valence-corrected chi connectivity index (χ1v) is 7.81. The standard InChI is InChI=1S/C13H10BrClN2O3S/c1-16(7-8-5-6-11(15)21-8)13(18)9-3-2-4-10(12(9)14)17(19)20/h2-6H,7H2,1H3. The van der Waals surface area contributed by atoms with E-state index >= 15 is 0 Å². The number of carbonyl (C=O) groups excluding carboxylic acids is 1. The van der Waals surface area contributed by atoms with Crippen molar-refractivity contribution in [3.8, 4) is 0 Å². The molecule has 0 aliphatic carbocycles. The van der Waals surface area contributed by atoms with E-state index in [4.69, 9.17) is 11.6 Å². The lowest BCUT2D eigenvalue weighted by Gasteiger charge is -2.17. The molecule has 2 aromatic rings. The number of nitro groups is 1. The van der Waals surface area contributed by atoms with E-state index in [9.17, 15) is 14.9 Å². The number of hydrogen-bond acceptors (Lipinski definition) is 4. The molecule has 0 fully saturated rings. The van der Waals surface area contributed by atoms with Crippen LogP contribution in [0.25, 0.3) is 0 Å². The highest BCUT2D eigenvalue weighted by Crippen LogP contribution is 2.29. The normalized spacial score (nSPS) is 10.4. The van der Waals surface area contributed by atoms with Gasteiger partial charge in [-0.2, -0.15) is 0 Å². The molecule has 0 unspecified atom stereocenters. The lowest BCUT2D eigenvalue weighted by atomic mass is 10.2. The molecule has 0 saturated heterocycles. The molecule has 21 heavy (non-hydrogen) atoms. The highest BCUT2D eigenvalue weighted by Gasteiger charge is 2.22. The smallest absolute Gasteiger partial charge is 0.284 e. The first-order valence-electron chi connectivity index (χ1n) is 5.82. The van der Waals surface area contributed by atoms with Crippen LogP contribution in [0, 0.1) is 10.1 Å². The van der Waals surface area contributed by atoms with Crippen molar-refractivity contribution in [2.24, 2.45) is 0 Å². The highest BCUT2D eigenvalue weighted by molar-refractivity contribution is 9.10. The largest absolute Gasteiger partial charge is 0.337 e. The minimum Gasteiger partial charge on any atom is -0.337 e. The summed E-state index contributed by atoms with van der Waals surface area (Å²) in [5, 5.41) is 10.9. The molecule has 0 saturated carbocycles. The van der Waals surface area contributed by atoms with E-state index < -0.39 is 4.92 Å². The van der Waals surface area contributed by atoms with E-state index in [2.05, 4.69) is 15.9 Å². The van der Waals surface area contributed by atoms with E-state index in [1.165, 1.54) is 28.4 Å². The van der Waals surface area contributed by atoms with Crippen LogP contribution in [0.2, 0.25) is 4.34 Å². The molecule has 1 amide bonds. The molecule has 1 aromatic carbocycles. The Hall–Kier alpha value is -1.44. The average Bonchev–Trinajstić information content (AvgIpc) is 2.83. The van der Waals surface area contributed by atoms with Crippen LogP contribution in [0.5, 0.6) is 0 Å². The summed E-state index contributed by atoms with van der Waals surface area (Å²) < 4.78 is 0.846. The molecule has 110 valence electrons. The van der Waals surface area contributed by atoms with Gasteiger partial charge in [-0.3, -0.25) is 14.9 Å². The molecule has 0 N–H and O–H groups in total. The van der Waals surface area contributed by atoms with Crippen molar-refractivity contribution in [2.75, 3.05) is 7.05 Å². The summed E-state index contributed by atoms with van der Waals surface area (Å²) in [4.78, 5) is 25.2. The summed E-state index contributed by atoms with van der Waals surface area (Å²) in [5.74, 6) is -0.296. The second kappa shape index (κ2) is 6.55. The van der Waals surface area contributed by atoms with Crippen molar-refractivity contribution in [1.29, 1.82) is 0 Å². The molecule has 5 nitrogen and oxygen atoms in total. The lowest BCUT2D eigenvalue weighted by Crippen LogP contribution is -2.26. The minimum absolute atomic E-state index is 0.131. The van der Waals surface area contributed by atoms with Crippen molar-refractivity contribution < 1.29 is 9.72 Å². The van der Waals surface area contributed by atoms with Gasteiger partial charge in [0.1, 0.15) is 4.47 Å². The fraction of sp³-hybridized carbons (Fsp3) is 0.154. The number of benzene rings is 1. The maximum atomic E-state index is 12.4. The second-order valence-corrected chi connectivity index (χ2v) is 6.86. The van der Waals surface area contributed by atoms with Crippen LogP contribution in [0.3, 0.4) is 0 Å². The molecular formula is C13H10BrClN2O3S. The number of amides is 1. The summed E-state index contributed by atoms with van der Waals surface area (Å²) >= 11 is 10.4. The SMILES string of the molecule is CN(Cc1ccc(Cl)s1)C(=O)c1cccc([N+](=O)[O-])c1Br. The van der Waals surface area contributed by atoms with Crippen LogP contribution in [-0.4, -0.2) is 22.8 Å². The van der Waals surface area contributed by atoms with Gasteiger partial charge in [-0.15, -0.1) is 11.3 Å². The molecule has 2 rings (SSSR count). The van der Waals surface area contributed by atoms with Crippen LogP contribution in [0.4, 0.5) is 5.69 Å². The van der Waals surface area contributed by atoms with Gasteiger partial charge in [0.2, 0.25) is 0 Å². The Morgan fingerprint density at radius 2 is 2.14 bits per heavy atom. The molecule has 0 atom stereocenters. The predicted octanol–water partition coefficient (Wildman–Crippen LogP) is 4.34. The summed E-state index contributed by atoms with van der Waals surface area (Å²) in [6.07, 6.45) is 0. The molecule has 0 bridgehead atoms. The van der Waals surface area contributed by atoms with E-state index in [-0.39, 0.29) is 21.6 Å². The topological polar surface area (TPSA) is 63.5 Å². The minimum atomic E-state index is -0.528. The molecule has 0 spiro atoms. The molecule has 0 aliphatic heterocycles. The third-order valence-corrected chi connectivity index (χ3v) is 4.82. The summed E-state index contributed by atoms with van der Waals surface area (Å²) in [7, 11) is 1.64. The second-order valence-electron chi connectivity index (χ2n) is 4.26. The Morgan fingerprint density at radius 3 is 2.71 bits per heavy atom. The Labute approximate surface area is 138 Å². The number of halogens is 2. The number of nitrogens with zero attached hydrogens (tertiary/aromatic N) is 2. The van der Waals surface area contributed by atoms with Crippen molar-refractivity contribution >= 4 is 50.5 Å². The van der Waals surface area contributed by atoms with Crippen LogP contribution < -0.4 is 0 Å². The molecular weight excluding hydrogens is 380 g/mol. The van der Waals surface area contributed by atoms with Gasteiger partial charge in [0.25, 0.3) is 11.6 Å². The zero-order chi connectivity index (χ0) is 15.6. The first-order chi connectivity index (χ1) is 9.90. The van der Waals surface area contributed by atoms with E-state index in [1.807, 2.05) is 6.07 Å². The van der Waals surface area contributed by atoms with Gasteiger partial charge in [-0.25, -0.2) is 0 Å². The van der Waals surface area contributed by atoms with Gasteiger partial charge in [0.15, 0.2) is 0 Å².